The number of aromatic nitrogens is 1. The summed E-state index contributed by atoms with van der Waals surface area (Å²) in [6.45, 7) is -0.264. The monoisotopic (exact) mass is 151 g/mol. The lowest BCUT2D eigenvalue weighted by Crippen LogP contribution is -1.94. The molecule has 0 aliphatic rings. The molecule has 1 aromatic rings. The minimum Gasteiger partial charge on any atom is -0.390 e. The first-order chi connectivity index (χ1) is 5.27. The van der Waals surface area contributed by atoms with Crippen LogP contribution in [-0.2, 0) is 6.61 Å². The highest BCUT2D eigenvalue weighted by Crippen LogP contribution is 2.05. The van der Waals surface area contributed by atoms with Crippen molar-refractivity contribution in [3.8, 4) is 12.3 Å². The first kappa shape index (κ1) is 7.70. The van der Waals surface area contributed by atoms with E-state index in [0.717, 1.165) is 6.20 Å². The fourth-order valence-electron chi connectivity index (χ4n) is 0.719. The highest BCUT2D eigenvalue weighted by Gasteiger charge is 2.00. The molecule has 0 radical (unpaired) electrons. The second-order valence-electron chi connectivity index (χ2n) is 1.95. The quantitative estimate of drug-likeness (QED) is 0.599. The van der Waals surface area contributed by atoms with Gasteiger partial charge in [0.1, 0.15) is 5.82 Å². The molecule has 0 spiro atoms. The van der Waals surface area contributed by atoms with Gasteiger partial charge in [0.05, 0.1) is 24.1 Å². The largest absolute Gasteiger partial charge is 0.390 e. The van der Waals surface area contributed by atoms with Gasteiger partial charge in [-0.25, -0.2) is 4.39 Å². The molecule has 3 heteroatoms. The zero-order chi connectivity index (χ0) is 8.27. The summed E-state index contributed by atoms with van der Waals surface area (Å²) in [6, 6.07) is 1.17. The standard InChI is InChI=1S/C8H6FNO/c1-2-6-3-7(9)4-10-8(6)5-11/h1,3-4,11H,5H2. The van der Waals surface area contributed by atoms with Crippen molar-refractivity contribution in [2.45, 2.75) is 6.61 Å². The number of halogens is 1. The highest BCUT2D eigenvalue weighted by atomic mass is 19.1. The van der Waals surface area contributed by atoms with Gasteiger partial charge in [-0.05, 0) is 6.07 Å². The van der Waals surface area contributed by atoms with Gasteiger partial charge in [-0.1, -0.05) is 5.92 Å². The number of aliphatic hydroxyl groups excluding tert-OH is 1. The third kappa shape index (κ3) is 1.54. The van der Waals surface area contributed by atoms with Crippen molar-refractivity contribution >= 4 is 0 Å². The normalized spacial score (nSPS) is 9.18. The van der Waals surface area contributed by atoms with Crippen LogP contribution in [0.5, 0.6) is 0 Å². The Kier molecular flexibility index (Phi) is 2.19. The third-order valence-corrected chi connectivity index (χ3v) is 1.24. The summed E-state index contributed by atoms with van der Waals surface area (Å²) < 4.78 is 12.4. The second-order valence-corrected chi connectivity index (χ2v) is 1.95. The van der Waals surface area contributed by atoms with Gasteiger partial charge in [0.25, 0.3) is 0 Å². The minimum atomic E-state index is -0.491. The van der Waals surface area contributed by atoms with Crippen molar-refractivity contribution in [1.29, 1.82) is 0 Å². The van der Waals surface area contributed by atoms with Crippen molar-refractivity contribution in [2.24, 2.45) is 0 Å². The molecular weight excluding hydrogens is 145 g/mol. The van der Waals surface area contributed by atoms with Crippen molar-refractivity contribution in [3.63, 3.8) is 0 Å². The molecule has 0 saturated heterocycles. The molecule has 56 valence electrons. The summed E-state index contributed by atoms with van der Waals surface area (Å²) in [5.74, 6) is 1.73. The van der Waals surface area contributed by atoms with Crippen LogP contribution in [0.15, 0.2) is 12.3 Å². The van der Waals surface area contributed by atoms with Gasteiger partial charge in [-0.2, -0.15) is 0 Å². The van der Waals surface area contributed by atoms with Gasteiger partial charge in [0.15, 0.2) is 0 Å². The molecule has 0 bridgehead atoms. The van der Waals surface area contributed by atoms with Gasteiger partial charge < -0.3 is 5.11 Å². The Labute approximate surface area is 63.7 Å². The van der Waals surface area contributed by atoms with Crippen LogP contribution in [0.2, 0.25) is 0 Å². The predicted octanol–water partition coefficient (Wildman–Crippen LogP) is 0.694. The Hall–Kier alpha value is -1.40. The van der Waals surface area contributed by atoms with Crippen LogP contribution in [0, 0.1) is 18.2 Å². The molecule has 0 aliphatic heterocycles. The zero-order valence-corrected chi connectivity index (χ0v) is 5.71. The first-order valence-corrected chi connectivity index (χ1v) is 3.00. The Morgan fingerprint density at radius 3 is 3.00 bits per heavy atom. The molecule has 1 heterocycles. The van der Waals surface area contributed by atoms with E-state index in [1.54, 1.807) is 0 Å². The van der Waals surface area contributed by atoms with E-state index in [2.05, 4.69) is 10.9 Å². The summed E-state index contributed by atoms with van der Waals surface area (Å²) in [4.78, 5) is 3.60. The first-order valence-electron chi connectivity index (χ1n) is 3.00. The molecule has 0 aromatic carbocycles. The number of rotatable bonds is 1. The molecule has 0 fully saturated rings. The minimum absolute atomic E-state index is 0.264. The van der Waals surface area contributed by atoms with Crippen LogP contribution in [-0.4, -0.2) is 10.1 Å². The SMILES string of the molecule is C#Cc1cc(F)cnc1CO. The lowest BCUT2D eigenvalue weighted by atomic mass is 10.2. The molecule has 0 saturated carbocycles. The molecule has 1 rings (SSSR count). The van der Waals surface area contributed by atoms with E-state index in [4.69, 9.17) is 11.5 Å². The van der Waals surface area contributed by atoms with Crippen LogP contribution in [0.3, 0.4) is 0 Å². The second kappa shape index (κ2) is 3.13. The maximum atomic E-state index is 12.4. The molecule has 0 aliphatic carbocycles. The van der Waals surface area contributed by atoms with E-state index in [1.807, 2.05) is 0 Å². The van der Waals surface area contributed by atoms with Crippen LogP contribution >= 0.6 is 0 Å². The molecule has 0 unspecified atom stereocenters. The van der Waals surface area contributed by atoms with Gasteiger partial charge in [0, 0.05) is 0 Å². The lowest BCUT2D eigenvalue weighted by Gasteiger charge is -1.97. The maximum absolute atomic E-state index is 12.4. The van der Waals surface area contributed by atoms with E-state index < -0.39 is 5.82 Å². The average Bonchev–Trinajstić information content (AvgIpc) is 2.04. The van der Waals surface area contributed by atoms with Gasteiger partial charge in [-0.3, -0.25) is 4.98 Å². The van der Waals surface area contributed by atoms with Crippen molar-refractivity contribution < 1.29 is 9.50 Å². The molecular formula is C8H6FNO. The summed E-state index contributed by atoms with van der Waals surface area (Å²) in [7, 11) is 0. The van der Waals surface area contributed by atoms with E-state index in [-0.39, 0.29) is 6.61 Å². The number of terminal acetylenes is 1. The van der Waals surface area contributed by atoms with Crippen molar-refractivity contribution in [3.05, 3.63) is 29.3 Å². The Morgan fingerprint density at radius 1 is 1.73 bits per heavy atom. The number of nitrogens with zero attached hydrogens (tertiary/aromatic N) is 1. The smallest absolute Gasteiger partial charge is 0.142 e. The summed E-state index contributed by atoms with van der Waals surface area (Å²) in [5.41, 5.74) is 0.626. The van der Waals surface area contributed by atoms with E-state index >= 15 is 0 Å². The molecule has 0 amide bonds. The number of hydrogen-bond donors (Lipinski definition) is 1. The van der Waals surface area contributed by atoms with Crippen LogP contribution in [0.25, 0.3) is 0 Å². The highest BCUT2D eigenvalue weighted by molar-refractivity contribution is 5.35. The fourth-order valence-corrected chi connectivity index (χ4v) is 0.719. The van der Waals surface area contributed by atoms with Gasteiger partial charge in [0.2, 0.25) is 0 Å². The Bertz CT molecular complexity index is 303. The van der Waals surface area contributed by atoms with Crippen molar-refractivity contribution in [2.75, 3.05) is 0 Å². The van der Waals surface area contributed by atoms with Crippen LogP contribution in [0.4, 0.5) is 4.39 Å². The van der Waals surface area contributed by atoms with Gasteiger partial charge >= 0.3 is 0 Å². The Balaban J connectivity index is 3.19. The summed E-state index contributed by atoms with van der Waals surface area (Å²) >= 11 is 0. The fraction of sp³-hybridized carbons (Fsp3) is 0.125. The topological polar surface area (TPSA) is 33.1 Å². The number of aliphatic hydroxyl groups is 1. The van der Waals surface area contributed by atoms with Crippen LogP contribution < -0.4 is 0 Å². The average molecular weight is 151 g/mol. The van der Waals surface area contributed by atoms with Crippen molar-refractivity contribution in [1.82, 2.24) is 4.98 Å². The van der Waals surface area contributed by atoms with E-state index in [1.165, 1.54) is 6.07 Å². The number of hydrogen-bond acceptors (Lipinski definition) is 2. The predicted molar refractivity (Wildman–Crippen MR) is 38.1 cm³/mol. The number of pyridine rings is 1. The third-order valence-electron chi connectivity index (χ3n) is 1.24. The molecule has 0 atom stereocenters. The molecule has 2 nitrogen and oxygen atoms in total. The Morgan fingerprint density at radius 2 is 2.45 bits per heavy atom. The van der Waals surface area contributed by atoms with Crippen LogP contribution in [0.1, 0.15) is 11.3 Å². The molecule has 1 N–H and O–H groups in total. The molecule has 11 heavy (non-hydrogen) atoms. The maximum Gasteiger partial charge on any atom is 0.142 e. The van der Waals surface area contributed by atoms with E-state index in [9.17, 15) is 4.39 Å². The zero-order valence-electron chi connectivity index (χ0n) is 5.71. The summed E-state index contributed by atoms with van der Waals surface area (Å²) in [6.07, 6.45) is 6.05. The summed E-state index contributed by atoms with van der Waals surface area (Å²) in [5, 5.41) is 8.66. The van der Waals surface area contributed by atoms with Gasteiger partial charge in [-0.15, -0.1) is 6.42 Å². The van der Waals surface area contributed by atoms with E-state index in [0.29, 0.717) is 11.3 Å². The lowest BCUT2D eigenvalue weighted by molar-refractivity contribution is 0.276. The molecule has 1 aromatic heterocycles.